The van der Waals surface area contributed by atoms with Crippen LogP contribution in [0.3, 0.4) is 0 Å². The summed E-state index contributed by atoms with van der Waals surface area (Å²) in [4.78, 5) is 24.4. The number of hydrogen-bond donors (Lipinski definition) is 3. The second-order valence-corrected chi connectivity index (χ2v) is 7.41. The monoisotopic (exact) mass is 391 g/mol. The van der Waals surface area contributed by atoms with E-state index in [1.54, 1.807) is 7.11 Å². The molecule has 2 aliphatic rings. The molecule has 8 heteroatoms. The predicted octanol–water partition coefficient (Wildman–Crippen LogP) is 0.404. The van der Waals surface area contributed by atoms with Gasteiger partial charge in [-0.2, -0.15) is 0 Å². The van der Waals surface area contributed by atoms with Gasteiger partial charge in [0.15, 0.2) is 11.5 Å². The number of rotatable bonds is 9. The zero-order valence-electron chi connectivity index (χ0n) is 16.6. The first-order valence-electron chi connectivity index (χ1n) is 9.61. The molecule has 1 amide bonds. The Kier molecular flexibility index (Phi) is 6.88. The second kappa shape index (κ2) is 9.36. The Morgan fingerprint density at radius 2 is 2.11 bits per heavy atom. The number of likely N-dealkylation sites (N-methyl/N-ethyl adjacent to an activating group) is 1. The third kappa shape index (κ3) is 4.45. The zero-order valence-corrected chi connectivity index (χ0v) is 16.6. The van der Waals surface area contributed by atoms with Gasteiger partial charge in [0.2, 0.25) is 12.7 Å². The minimum Gasteiger partial charge on any atom is -0.454 e. The maximum atomic E-state index is 12.6. The summed E-state index contributed by atoms with van der Waals surface area (Å²) in [7, 11) is 3.48. The Balaban J connectivity index is 1.83. The molecule has 0 aromatic heterocycles. The molecule has 1 heterocycles. The Hall–Kier alpha value is -2.16. The largest absolute Gasteiger partial charge is 0.454 e. The molecule has 8 nitrogen and oxygen atoms in total. The number of hydrogen-bond acceptors (Lipinski definition) is 7. The Morgan fingerprint density at radius 3 is 2.79 bits per heavy atom. The molecule has 3 rings (SSSR count). The average molecular weight is 391 g/mol. The number of amides is 1. The second-order valence-electron chi connectivity index (χ2n) is 7.41. The van der Waals surface area contributed by atoms with Gasteiger partial charge in [0.1, 0.15) is 6.29 Å². The molecule has 3 N–H and O–H groups in total. The van der Waals surface area contributed by atoms with E-state index in [-0.39, 0.29) is 43.2 Å². The third-order valence-electron chi connectivity index (χ3n) is 5.37. The summed E-state index contributed by atoms with van der Waals surface area (Å²) in [5, 5.41) is 9.37. The van der Waals surface area contributed by atoms with Crippen LogP contribution in [0, 0.1) is 11.8 Å². The summed E-state index contributed by atoms with van der Waals surface area (Å²) in [6.07, 6.45) is 1.55. The first-order chi connectivity index (χ1) is 13.6. The number of benzene rings is 1. The zero-order chi connectivity index (χ0) is 20.1. The molecule has 0 fully saturated rings. The van der Waals surface area contributed by atoms with Crippen molar-refractivity contribution in [2.45, 2.75) is 25.4 Å². The number of aldehydes is 1. The molecule has 28 heavy (non-hydrogen) atoms. The smallest absolute Gasteiger partial charge is 0.234 e. The molecule has 0 spiro atoms. The van der Waals surface area contributed by atoms with Crippen LogP contribution in [0.25, 0.3) is 0 Å². The van der Waals surface area contributed by atoms with Crippen LogP contribution in [0.2, 0.25) is 0 Å². The highest BCUT2D eigenvalue weighted by atomic mass is 16.7. The van der Waals surface area contributed by atoms with Gasteiger partial charge in [0, 0.05) is 31.5 Å². The molecule has 0 saturated heterocycles. The maximum Gasteiger partial charge on any atom is 0.234 e. The molecule has 0 bridgehead atoms. The van der Waals surface area contributed by atoms with E-state index in [0.29, 0.717) is 24.5 Å². The van der Waals surface area contributed by atoms with Gasteiger partial charge in [0.05, 0.1) is 19.2 Å². The van der Waals surface area contributed by atoms with Crippen LogP contribution in [0.15, 0.2) is 12.1 Å². The first kappa shape index (κ1) is 20.6. The first-order valence-corrected chi connectivity index (χ1v) is 9.61. The molecule has 1 aliphatic carbocycles. The molecule has 0 radical (unpaired) electrons. The van der Waals surface area contributed by atoms with Crippen LogP contribution in [0.5, 0.6) is 11.5 Å². The van der Waals surface area contributed by atoms with Gasteiger partial charge in [-0.3, -0.25) is 4.79 Å². The standard InChI is InChI=1S/C20H29N3O5/c1-12(7-21-2)22-8-19(25)23-20-15-6-18-17(27-11-28-18)5-13(15)4-14(9-24)16(20)10-26-3/h5-6,9,12,14,16,20-22H,4,7-8,10-11H2,1-3H3,(H,23,25)/t12?,14-,16?,20?/m0/s1. The van der Waals surface area contributed by atoms with Crippen LogP contribution in [0.1, 0.15) is 24.1 Å². The highest BCUT2D eigenvalue weighted by molar-refractivity contribution is 5.79. The van der Waals surface area contributed by atoms with Crippen molar-refractivity contribution in [3.05, 3.63) is 23.3 Å². The number of nitrogens with one attached hydrogen (secondary N) is 3. The van der Waals surface area contributed by atoms with Crippen LogP contribution in [-0.2, 0) is 20.7 Å². The van der Waals surface area contributed by atoms with E-state index in [1.807, 2.05) is 26.1 Å². The van der Waals surface area contributed by atoms with E-state index in [2.05, 4.69) is 16.0 Å². The minimum absolute atomic E-state index is 0.121. The summed E-state index contributed by atoms with van der Waals surface area (Å²) in [5.41, 5.74) is 1.96. The van der Waals surface area contributed by atoms with Gasteiger partial charge in [0.25, 0.3) is 0 Å². The van der Waals surface area contributed by atoms with E-state index in [0.717, 1.165) is 24.0 Å². The predicted molar refractivity (Wildman–Crippen MR) is 103 cm³/mol. The molecule has 3 unspecified atom stereocenters. The van der Waals surface area contributed by atoms with Crippen molar-refractivity contribution in [3.63, 3.8) is 0 Å². The van der Waals surface area contributed by atoms with Crippen molar-refractivity contribution in [2.75, 3.05) is 40.6 Å². The van der Waals surface area contributed by atoms with Crippen LogP contribution >= 0.6 is 0 Å². The van der Waals surface area contributed by atoms with E-state index in [9.17, 15) is 9.59 Å². The number of carbonyl (C=O) groups excluding carboxylic acids is 2. The fourth-order valence-electron chi connectivity index (χ4n) is 3.97. The topological polar surface area (TPSA) is 97.9 Å². The fraction of sp³-hybridized carbons (Fsp3) is 0.600. The van der Waals surface area contributed by atoms with Crippen molar-refractivity contribution in [1.82, 2.24) is 16.0 Å². The van der Waals surface area contributed by atoms with Crippen LogP contribution < -0.4 is 25.4 Å². The summed E-state index contributed by atoms with van der Waals surface area (Å²) in [5.74, 6) is 0.841. The lowest BCUT2D eigenvalue weighted by Crippen LogP contribution is -2.47. The van der Waals surface area contributed by atoms with E-state index >= 15 is 0 Å². The van der Waals surface area contributed by atoms with E-state index in [1.165, 1.54) is 0 Å². The Bertz CT molecular complexity index is 711. The molecule has 1 aromatic carbocycles. The molecule has 1 aromatic rings. The fourth-order valence-corrected chi connectivity index (χ4v) is 3.97. The number of ether oxygens (including phenoxy) is 3. The molecule has 1 aliphatic heterocycles. The lowest BCUT2D eigenvalue weighted by atomic mass is 9.73. The third-order valence-corrected chi connectivity index (χ3v) is 5.37. The molecular weight excluding hydrogens is 362 g/mol. The number of methoxy groups -OCH3 is 1. The van der Waals surface area contributed by atoms with Crippen molar-refractivity contribution < 1.29 is 23.8 Å². The average Bonchev–Trinajstić information content (AvgIpc) is 3.14. The highest BCUT2D eigenvalue weighted by Gasteiger charge is 2.39. The lowest BCUT2D eigenvalue weighted by molar-refractivity contribution is -0.123. The van der Waals surface area contributed by atoms with E-state index in [4.69, 9.17) is 14.2 Å². The normalized spacial score (nSPS) is 23.8. The van der Waals surface area contributed by atoms with E-state index < -0.39 is 0 Å². The van der Waals surface area contributed by atoms with Crippen molar-refractivity contribution in [3.8, 4) is 11.5 Å². The van der Waals surface area contributed by atoms with Gasteiger partial charge >= 0.3 is 0 Å². The highest BCUT2D eigenvalue weighted by Crippen LogP contribution is 2.44. The SMILES string of the molecule is CNCC(C)NCC(=O)NC1c2cc3c(cc2C[C@@H](C=O)C1COC)OCO3. The molecule has 4 atom stereocenters. The Labute approximate surface area is 165 Å². The Morgan fingerprint density at radius 1 is 1.36 bits per heavy atom. The maximum absolute atomic E-state index is 12.6. The van der Waals surface area contributed by atoms with Crippen molar-refractivity contribution in [2.24, 2.45) is 11.8 Å². The van der Waals surface area contributed by atoms with Gasteiger partial charge in [-0.25, -0.2) is 0 Å². The summed E-state index contributed by atoms with van der Waals surface area (Å²) in [6, 6.07) is 3.68. The van der Waals surface area contributed by atoms with Crippen LogP contribution in [0.4, 0.5) is 0 Å². The van der Waals surface area contributed by atoms with Crippen molar-refractivity contribution in [1.29, 1.82) is 0 Å². The number of fused-ring (bicyclic) bond motifs is 2. The molecule has 0 saturated carbocycles. The molecular formula is C20H29N3O5. The summed E-state index contributed by atoms with van der Waals surface area (Å²) >= 11 is 0. The van der Waals surface area contributed by atoms with Gasteiger partial charge in [-0.05, 0) is 43.7 Å². The lowest BCUT2D eigenvalue weighted by Gasteiger charge is -2.37. The number of carbonyl (C=O) groups is 2. The molecule has 154 valence electrons. The van der Waals surface area contributed by atoms with Crippen LogP contribution in [-0.4, -0.2) is 58.9 Å². The quantitative estimate of drug-likeness (QED) is 0.524. The summed E-state index contributed by atoms with van der Waals surface area (Å²) in [6.45, 7) is 3.54. The van der Waals surface area contributed by atoms with Crippen molar-refractivity contribution >= 4 is 12.2 Å². The van der Waals surface area contributed by atoms with Gasteiger partial charge in [-0.1, -0.05) is 0 Å². The van der Waals surface area contributed by atoms with Gasteiger partial charge < -0.3 is 35.0 Å². The minimum atomic E-state index is -0.331. The summed E-state index contributed by atoms with van der Waals surface area (Å²) < 4.78 is 16.4. The van der Waals surface area contributed by atoms with Gasteiger partial charge in [-0.15, -0.1) is 0 Å².